The Morgan fingerprint density at radius 3 is 2.55 bits per heavy atom. The van der Waals surface area contributed by atoms with Crippen molar-refractivity contribution in [1.29, 1.82) is 0 Å². The molecule has 1 atom stereocenters. The number of aliphatic hydroxyl groups is 1. The Balaban J connectivity index is 1.98. The maximum Gasteiger partial charge on any atom is 0.416 e. The molecule has 1 unspecified atom stereocenters. The molecule has 2 aromatic rings. The highest BCUT2D eigenvalue weighted by Crippen LogP contribution is 2.33. The molecule has 0 spiro atoms. The molecule has 0 saturated heterocycles. The summed E-state index contributed by atoms with van der Waals surface area (Å²) < 4.78 is 39.5. The van der Waals surface area contributed by atoms with E-state index in [4.69, 9.17) is 0 Å². The number of aliphatic hydroxyl groups excluding tert-OH is 1. The summed E-state index contributed by atoms with van der Waals surface area (Å²) in [5, 5.41) is 9.86. The molecule has 0 radical (unpaired) electrons. The van der Waals surface area contributed by atoms with Crippen molar-refractivity contribution in [3.63, 3.8) is 0 Å². The van der Waals surface area contributed by atoms with Crippen molar-refractivity contribution >= 4 is 0 Å². The number of hydrogen-bond donors (Lipinski definition) is 1. The van der Waals surface area contributed by atoms with Crippen LogP contribution in [-0.4, -0.2) is 14.7 Å². The summed E-state index contributed by atoms with van der Waals surface area (Å²) in [4.78, 5) is 4.23. The van der Waals surface area contributed by atoms with Crippen molar-refractivity contribution in [3.05, 3.63) is 41.7 Å². The van der Waals surface area contributed by atoms with Crippen LogP contribution in [0.1, 0.15) is 30.2 Å². The lowest BCUT2D eigenvalue weighted by Crippen LogP contribution is -2.15. The third kappa shape index (κ3) is 2.20. The number of rotatable bonds is 1. The van der Waals surface area contributed by atoms with E-state index in [0.29, 0.717) is 17.8 Å². The summed E-state index contributed by atoms with van der Waals surface area (Å²) in [7, 11) is 0. The van der Waals surface area contributed by atoms with Gasteiger partial charge in [0.05, 0.1) is 23.6 Å². The Hall–Kier alpha value is -1.82. The summed E-state index contributed by atoms with van der Waals surface area (Å²) in [6.07, 6.45) is -1.76. The Labute approximate surface area is 113 Å². The fraction of sp³-hybridized carbons (Fsp3) is 0.357. The van der Waals surface area contributed by atoms with E-state index in [2.05, 4.69) is 4.98 Å². The normalized spacial score (nSPS) is 18.9. The van der Waals surface area contributed by atoms with Gasteiger partial charge in [-0.3, -0.25) is 0 Å². The van der Waals surface area contributed by atoms with Crippen LogP contribution in [0.4, 0.5) is 13.2 Å². The minimum Gasteiger partial charge on any atom is -0.387 e. The molecular weight excluding hydrogens is 269 g/mol. The second-order valence-electron chi connectivity index (χ2n) is 4.89. The lowest BCUT2D eigenvalue weighted by Gasteiger charge is -2.21. The summed E-state index contributed by atoms with van der Waals surface area (Å²) in [6, 6.07) is 4.94. The minimum atomic E-state index is -4.33. The van der Waals surface area contributed by atoms with Crippen LogP contribution in [0, 0.1) is 0 Å². The number of aromatic nitrogens is 2. The van der Waals surface area contributed by atoms with E-state index in [-0.39, 0.29) is 0 Å². The fourth-order valence-corrected chi connectivity index (χ4v) is 2.52. The zero-order valence-electron chi connectivity index (χ0n) is 10.6. The molecule has 0 aliphatic carbocycles. The zero-order chi connectivity index (χ0) is 14.3. The van der Waals surface area contributed by atoms with Crippen molar-refractivity contribution in [3.8, 4) is 11.4 Å². The van der Waals surface area contributed by atoms with Gasteiger partial charge in [-0.1, -0.05) is 12.1 Å². The molecule has 0 fully saturated rings. The average molecular weight is 282 g/mol. The summed E-state index contributed by atoms with van der Waals surface area (Å²) in [6.45, 7) is 0.725. The topological polar surface area (TPSA) is 38.0 Å². The van der Waals surface area contributed by atoms with E-state index in [1.54, 1.807) is 6.20 Å². The monoisotopic (exact) mass is 282 g/mol. The Bertz CT molecular complexity index is 616. The molecule has 0 bridgehead atoms. The molecule has 1 aliphatic heterocycles. The van der Waals surface area contributed by atoms with Gasteiger partial charge in [-0.15, -0.1) is 0 Å². The van der Waals surface area contributed by atoms with E-state index in [0.717, 1.165) is 30.8 Å². The van der Waals surface area contributed by atoms with Gasteiger partial charge in [-0.25, -0.2) is 4.98 Å². The van der Waals surface area contributed by atoms with Gasteiger partial charge in [0, 0.05) is 12.1 Å². The second kappa shape index (κ2) is 4.63. The highest BCUT2D eigenvalue weighted by Gasteiger charge is 2.30. The number of fused-ring (bicyclic) bond motifs is 1. The van der Waals surface area contributed by atoms with Crippen molar-refractivity contribution in [1.82, 2.24) is 9.55 Å². The molecule has 1 aromatic carbocycles. The SMILES string of the molecule is OC1CCCn2c1cnc2-c1ccc(C(F)(F)F)cc1. The maximum absolute atomic E-state index is 12.5. The average Bonchev–Trinajstić information content (AvgIpc) is 2.83. The van der Waals surface area contributed by atoms with Crippen molar-refractivity contribution in [2.45, 2.75) is 31.7 Å². The molecular formula is C14H13F3N2O. The van der Waals surface area contributed by atoms with E-state index in [1.165, 1.54) is 12.1 Å². The van der Waals surface area contributed by atoms with Gasteiger partial charge >= 0.3 is 6.18 Å². The molecule has 0 amide bonds. The van der Waals surface area contributed by atoms with Gasteiger partial charge in [0.15, 0.2) is 0 Å². The summed E-state index contributed by atoms with van der Waals surface area (Å²) in [5.74, 6) is 0.604. The number of benzene rings is 1. The molecule has 3 rings (SSSR count). The van der Waals surface area contributed by atoms with Crippen LogP contribution in [0.3, 0.4) is 0 Å². The number of hydrogen-bond acceptors (Lipinski definition) is 2. The number of alkyl halides is 3. The van der Waals surface area contributed by atoms with E-state index in [9.17, 15) is 18.3 Å². The quantitative estimate of drug-likeness (QED) is 0.870. The minimum absolute atomic E-state index is 0.542. The lowest BCUT2D eigenvalue weighted by atomic mass is 10.1. The van der Waals surface area contributed by atoms with Crippen LogP contribution in [0.2, 0.25) is 0 Å². The van der Waals surface area contributed by atoms with Gasteiger partial charge in [-0.05, 0) is 25.0 Å². The van der Waals surface area contributed by atoms with Gasteiger partial charge in [-0.2, -0.15) is 13.2 Å². The zero-order valence-corrected chi connectivity index (χ0v) is 10.6. The standard InChI is InChI=1S/C14H13F3N2O/c15-14(16,17)10-5-3-9(4-6-10)13-18-8-11-12(20)2-1-7-19(11)13/h3-6,8,12,20H,1-2,7H2. The largest absolute Gasteiger partial charge is 0.416 e. The fourth-order valence-electron chi connectivity index (χ4n) is 2.52. The van der Waals surface area contributed by atoms with Crippen LogP contribution in [-0.2, 0) is 12.7 Å². The van der Waals surface area contributed by atoms with Crippen molar-refractivity contribution < 1.29 is 18.3 Å². The smallest absolute Gasteiger partial charge is 0.387 e. The van der Waals surface area contributed by atoms with Gasteiger partial charge in [0.2, 0.25) is 0 Å². The van der Waals surface area contributed by atoms with Crippen molar-refractivity contribution in [2.75, 3.05) is 0 Å². The predicted molar refractivity (Wildman–Crippen MR) is 66.9 cm³/mol. The second-order valence-corrected chi connectivity index (χ2v) is 4.89. The Morgan fingerprint density at radius 2 is 1.90 bits per heavy atom. The highest BCUT2D eigenvalue weighted by atomic mass is 19.4. The molecule has 1 aliphatic rings. The first-order chi connectivity index (χ1) is 9.47. The van der Waals surface area contributed by atoms with Crippen LogP contribution < -0.4 is 0 Å². The molecule has 20 heavy (non-hydrogen) atoms. The predicted octanol–water partition coefficient (Wildman–Crippen LogP) is 3.40. The lowest BCUT2D eigenvalue weighted by molar-refractivity contribution is -0.137. The maximum atomic E-state index is 12.5. The van der Waals surface area contributed by atoms with Gasteiger partial charge in [0.25, 0.3) is 0 Å². The first-order valence-corrected chi connectivity index (χ1v) is 6.38. The Morgan fingerprint density at radius 1 is 1.20 bits per heavy atom. The molecule has 3 nitrogen and oxygen atoms in total. The molecule has 0 saturated carbocycles. The van der Waals surface area contributed by atoms with Gasteiger partial charge < -0.3 is 9.67 Å². The number of halogens is 3. The summed E-state index contributed by atoms with van der Waals surface area (Å²) in [5.41, 5.74) is 0.677. The molecule has 106 valence electrons. The van der Waals surface area contributed by atoms with E-state index >= 15 is 0 Å². The molecule has 6 heteroatoms. The van der Waals surface area contributed by atoms with Crippen LogP contribution in [0.15, 0.2) is 30.5 Å². The first kappa shape index (κ1) is 13.2. The molecule has 1 aromatic heterocycles. The third-order valence-corrected chi connectivity index (χ3v) is 3.56. The Kier molecular flexibility index (Phi) is 3.05. The van der Waals surface area contributed by atoms with Crippen LogP contribution in [0.25, 0.3) is 11.4 Å². The van der Waals surface area contributed by atoms with Crippen LogP contribution >= 0.6 is 0 Å². The molecule has 1 N–H and O–H groups in total. The highest BCUT2D eigenvalue weighted by molar-refractivity contribution is 5.57. The first-order valence-electron chi connectivity index (χ1n) is 6.38. The van der Waals surface area contributed by atoms with Crippen molar-refractivity contribution in [2.24, 2.45) is 0 Å². The van der Waals surface area contributed by atoms with Gasteiger partial charge in [0.1, 0.15) is 5.82 Å². The van der Waals surface area contributed by atoms with Crippen LogP contribution in [0.5, 0.6) is 0 Å². The van der Waals surface area contributed by atoms with E-state index < -0.39 is 17.8 Å². The number of imidazole rings is 1. The van der Waals surface area contributed by atoms with E-state index in [1.807, 2.05) is 4.57 Å². The third-order valence-electron chi connectivity index (χ3n) is 3.56. The number of nitrogens with zero attached hydrogens (tertiary/aromatic N) is 2. The molecule has 2 heterocycles. The summed E-state index contributed by atoms with van der Waals surface area (Å²) >= 11 is 0.